The molecule has 1 aromatic heterocycles. The molecule has 168 valence electrons. The first-order valence-electron chi connectivity index (χ1n) is 10.0. The van der Waals surface area contributed by atoms with Crippen LogP contribution < -0.4 is 16.4 Å². The van der Waals surface area contributed by atoms with Crippen molar-refractivity contribution < 1.29 is 9.59 Å². The molecule has 1 heterocycles. The second kappa shape index (κ2) is 11.3. The molecule has 0 aliphatic rings. The van der Waals surface area contributed by atoms with Crippen molar-refractivity contribution in [2.45, 2.75) is 51.9 Å². The van der Waals surface area contributed by atoms with Gasteiger partial charge >= 0.3 is 0 Å². The number of halogens is 2. The molecule has 0 radical (unpaired) electrons. The van der Waals surface area contributed by atoms with E-state index in [4.69, 9.17) is 28.9 Å². The fourth-order valence-electron chi connectivity index (χ4n) is 2.89. The van der Waals surface area contributed by atoms with Crippen LogP contribution in [0.1, 0.15) is 31.9 Å². The number of aromatic nitrogens is 1. The average Bonchev–Trinajstić information content (AvgIpc) is 2.73. The molecule has 31 heavy (non-hydrogen) atoms. The number of nitrogen functional groups attached to an aromatic ring is 1. The largest absolute Gasteiger partial charge is 0.384 e. The lowest BCUT2D eigenvalue weighted by molar-refractivity contribution is -0.131. The summed E-state index contributed by atoms with van der Waals surface area (Å²) < 4.78 is 0. The number of nitrogens with two attached hydrogens (primary N) is 1. The number of likely N-dealkylation sites (N-methyl/N-ethyl adjacent to an activating group) is 1. The molecule has 4 N–H and O–H groups in total. The van der Waals surface area contributed by atoms with E-state index in [1.54, 1.807) is 36.5 Å². The minimum atomic E-state index is -0.783. The minimum Gasteiger partial charge on any atom is -0.384 e. The molecular weight excluding hydrogens is 437 g/mol. The van der Waals surface area contributed by atoms with Gasteiger partial charge in [0.15, 0.2) is 0 Å². The maximum atomic E-state index is 13.0. The highest BCUT2D eigenvalue weighted by Gasteiger charge is 2.26. The van der Waals surface area contributed by atoms with Crippen LogP contribution in [0.15, 0.2) is 36.5 Å². The van der Waals surface area contributed by atoms with E-state index in [-0.39, 0.29) is 30.8 Å². The number of anilines is 1. The maximum absolute atomic E-state index is 13.0. The van der Waals surface area contributed by atoms with Crippen LogP contribution in [-0.4, -0.2) is 46.9 Å². The van der Waals surface area contributed by atoms with Crippen LogP contribution in [0, 0.1) is 0 Å². The van der Waals surface area contributed by atoms with Gasteiger partial charge in [-0.1, -0.05) is 35.3 Å². The third kappa shape index (κ3) is 7.38. The summed E-state index contributed by atoms with van der Waals surface area (Å²) in [5.41, 5.74) is 7.19. The first-order chi connectivity index (χ1) is 14.6. The molecule has 9 heteroatoms. The van der Waals surface area contributed by atoms with E-state index >= 15 is 0 Å². The number of hydrogen-bond donors (Lipinski definition) is 3. The van der Waals surface area contributed by atoms with Gasteiger partial charge < -0.3 is 16.4 Å². The SMILES string of the molecule is CC(C)N(C)C(C)C(=O)N[C@@H](Cc1ccc(Cl)c(Cl)c1)C(=O)NCc1ccc(N)nc1. The Hall–Kier alpha value is -2.35. The first kappa shape index (κ1) is 24.9. The predicted molar refractivity (Wildman–Crippen MR) is 125 cm³/mol. The van der Waals surface area contributed by atoms with Gasteiger partial charge in [-0.25, -0.2) is 4.98 Å². The second-order valence-electron chi connectivity index (χ2n) is 7.76. The number of carbonyl (C=O) groups excluding carboxylic acids is 2. The van der Waals surface area contributed by atoms with Crippen LogP contribution in [0.25, 0.3) is 0 Å². The molecule has 0 aliphatic carbocycles. The summed E-state index contributed by atoms with van der Waals surface area (Å²) in [6.45, 7) is 6.08. The number of benzene rings is 1. The highest BCUT2D eigenvalue weighted by Crippen LogP contribution is 2.23. The lowest BCUT2D eigenvalue weighted by Gasteiger charge is -2.29. The van der Waals surface area contributed by atoms with Crippen molar-refractivity contribution in [1.29, 1.82) is 0 Å². The topological polar surface area (TPSA) is 100 Å². The Morgan fingerprint density at radius 2 is 1.74 bits per heavy atom. The fourth-order valence-corrected chi connectivity index (χ4v) is 3.21. The molecule has 2 rings (SSSR count). The highest BCUT2D eigenvalue weighted by molar-refractivity contribution is 6.42. The van der Waals surface area contributed by atoms with E-state index in [9.17, 15) is 9.59 Å². The molecule has 7 nitrogen and oxygen atoms in total. The molecular formula is C22H29Cl2N5O2. The van der Waals surface area contributed by atoms with Crippen molar-refractivity contribution in [3.8, 4) is 0 Å². The summed E-state index contributed by atoms with van der Waals surface area (Å²) in [6, 6.07) is 7.61. The predicted octanol–water partition coefficient (Wildman–Crippen LogP) is 3.04. The van der Waals surface area contributed by atoms with Crippen LogP contribution in [0.5, 0.6) is 0 Å². The van der Waals surface area contributed by atoms with Crippen molar-refractivity contribution in [3.63, 3.8) is 0 Å². The zero-order valence-corrected chi connectivity index (χ0v) is 19.7. The van der Waals surface area contributed by atoms with Crippen molar-refractivity contribution in [3.05, 3.63) is 57.7 Å². The van der Waals surface area contributed by atoms with Gasteiger partial charge in [-0.2, -0.15) is 0 Å². The van der Waals surface area contributed by atoms with Crippen LogP contribution >= 0.6 is 23.2 Å². The van der Waals surface area contributed by atoms with Gasteiger partial charge in [-0.3, -0.25) is 14.5 Å². The third-order valence-corrected chi connectivity index (χ3v) is 5.92. The van der Waals surface area contributed by atoms with E-state index < -0.39 is 12.1 Å². The van der Waals surface area contributed by atoms with Gasteiger partial charge in [0.25, 0.3) is 0 Å². The second-order valence-corrected chi connectivity index (χ2v) is 8.57. The van der Waals surface area contributed by atoms with Gasteiger partial charge in [0, 0.05) is 25.2 Å². The number of nitrogens with zero attached hydrogens (tertiary/aromatic N) is 2. The Labute approximate surface area is 193 Å². The Balaban J connectivity index is 2.15. The van der Waals surface area contributed by atoms with Gasteiger partial charge in [0.05, 0.1) is 16.1 Å². The Kier molecular flexibility index (Phi) is 9.10. The van der Waals surface area contributed by atoms with Crippen LogP contribution in [-0.2, 0) is 22.6 Å². The number of hydrogen-bond acceptors (Lipinski definition) is 5. The lowest BCUT2D eigenvalue weighted by Crippen LogP contribution is -2.53. The molecule has 0 aliphatic heterocycles. The molecule has 1 aromatic carbocycles. The lowest BCUT2D eigenvalue weighted by atomic mass is 10.0. The van der Waals surface area contributed by atoms with Gasteiger partial charge in [0.2, 0.25) is 11.8 Å². The molecule has 0 spiro atoms. The Morgan fingerprint density at radius 1 is 1.06 bits per heavy atom. The quantitative estimate of drug-likeness (QED) is 0.528. The number of rotatable bonds is 9. The third-order valence-electron chi connectivity index (χ3n) is 5.18. The van der Waals surface area contributed by atoms with Crippen LogP contribution in [0.2, 0.25) is 10.0 Å². The minimum absolute atomic E-state index is 0.182. The standard InChI is InChI=1S/C22H29Cl2N5O2/c1-13(2)29(4)14(3)21(30)28-19(10-15-5-7-17(23)18(24)9-15)22(31)27-12-16-6-8-20(25)26-11-16/h5-9,11,13-14,19H,10,12H2,1-4H3,(H2,25,26)(H,27,31)(H,28,30)/t14?,19-/m0/s1. The van der Waals surface area contributed by atoms with Crippen LogP contribution in [0.4, 0.5) is 5.82 Å². The molecule has 0 saturated carbocycles. The summed E-state index contributed by atoms with van der Waals surface area (Å²) >= 11 is 12.1. The van der Waals surface area contributed by atoms with Gasteiger partial charge in [-0.05, 0) is 57.1 Å². The summed E-state index contributed by atoms with van der Waals surface area (Å²) in [5, 5.41) is 6.55. The highest BCUT2D eigenvalue weighted by atomic mass is 35.5. The molecule has 1 unspecified atom stereocenters. The van der Waals surface area contributed by atoms with E-state index in [1.807, 2.05) is 32.7 Å². The summed E-state index contributed by atoms with van der Waals surface area (Å²) in [4.78, 5) is 31.7. The van der Waals surface area contributed by atoms with Crippen LogP contribution in [0.3, 0.4) is 0 Å². The zero-order chi connectivity index (χ0) is 23.1. The summed E-state index contributed by atoms with van der Waals surface area (Å²) in [5.74, 6) is -0.135. The van der Waals surface area contributed by atoms with E-state index in [0.29, 0.717) is 15.9 Å². The number of pyridine rings is 1. The Morgan fingerprint density at radius 3 is 2.32 bits per heavy atom. The zero-order valence-electron chi connectivity index (χ0n) is 18.2. The molecule has 0 saturated heterocycles. The molecule has 2 aromatic rings. The smallest absolute Gasteiger partial charge is 0.243 e. The normalized spacial score (nSPS) is 13.2. The molecule has 0 bridgehead atoms. The average molecular weight is 466 g/mol. The first-order valence-corrected chi connectivity index (χ1v) is 10.8. The molecule has 2 amide bonds. The molecule has 2 atom stereocenters. The molecule has 0 fully saturated rings. The van der Waals surface area contributed by atoms with Crippen molar-refractivity contribution in [2.24, 2.45) is 0 Å². The maximum Gasteiger partial charge on any atom is 0.243 e. The van der Waals surface area contributed by atoms with Gasteiger partial charge in [0.1, 0.15) is 11.9 Å². The van der Waals surface area contributed by atoms with Gasteiger partial charge in [-0.15, -0.1) is 0 Å². The fraction of sp³-hybridized carbons (Fsp3) is 0.409. The van der Waals surface area contributed by atoms with E-state index in [0.717, 1.165) is 11.1 Å². The van der Waals surface area contributed by atoms with Crippen molar-refractivity contribution in [1.82, 2.24) is 20.5 Å². The summed E-state index contributed by atoms with van der Waals surface area (Å²) in [6.07, 6.45) is 1.87. The van der Waals surface area contributed by atoms with E-state index in [1.165, 1.54) is 0 Å². The monoisotopic (exact) mass is 465 g/mol. The number of amides is 2. The van der Waals surface area contributed by atoms with E-state index in [2.05, 4.69) is 15.6 Å². The van der Waals surface area contributed by atoms with Crippen molar-refractivity contribution >= 4 is 40.8 Å². The Bertz CT molecular complexity index is 905. The number of carbonyl (C=O) groups is 2. The summed E-state index contributed by atoms with van der Waals surface area (Å²) in [7, 11) is 1.87. The van der Waals surface area contributed by atoms with Crippen molar-refractivity contribution in [2.75, 3.05) is 12.8 Å². The number of nitrogens with one attached hydrogen (secondary N) is 2.